The van der Waals surface area contributed by atoms with Gasteiger partial charge in [-0.15, -0.1) is 0 Å². The summed E-state index contributed by atoms with van der Waals surface area (Å²) in [6.45, 7) is 2.44. The Labute approximate surface area is 92.9 Å². The highest BCUT2D eigenvalue weighted by Gasteiger charge is 2.08. The third-order valence-electron chi connectivity index (χ3n) is 2.23. The number of rotatable bonds is 5. The first-order chi connectivity index (χ1) is 7.83. The highest BCUT2D eigenvalue weighted by molar-refractivity contribution is 4.95. The van der Waals surface area contributed by atoms with Gasteiger partial charge in [0.1, 0.15) is 12.4 Å². The lowest BCUT2D eigenvalue weighted by Gasteiger charge is -2.00. The predicted molar refractivity (Wildman–Crippen MR) is 55.5 cm³/mol. The largest absolute Gasteiger partial charge is 0.388 e. The summed E-state index contributed by atoms with van der Waals surface area (Å²) in [5, 5.41) is 12.9. The molecular formula is C10H14N4O2. The van der Waals surface area contributed by atoms with Crippen LogP contribution in [0.1, 0.15) is 30.9 Å². The second-order valence-electron chi connectivity index (χ2n) is 3.48. The fraction of sp³-hybridized carbons (Fsp3) is 0.500. The van der Waals surface area contributed by atoms with Crippen molar-refractivity contribution >= 4 is 0 Å². The molecule has 0 unspecified atom stereocenters. The lowest BCUT2D eigenvalue weighted by molar-refractivity contribution is 0.265. The molecule has 0 aliphatic heterocycles. The fourth-order valence-corrected chi connectivity index (χ4v) is 1.46. The molecule has 16 heavy (non-hydrogen) atoms. The summed E-state index contributed by atoms with van der Waals surface area (Å²) in [5.41, 5.74) is 0. The van der Waals surface area contributed by atoms with Crippen molar-refractivity contribution in [2.24, 2.45) is 0 Å². The number of hydrogen-bond acceptors (Lipinski definition) is 5. The van der Waals surface area contributed by atoms with E-state index in [0.29, 0.717) is 24.1 Å². The van der Waals surface area contributed by atoms with Crippen LogP contribution in [0.5, 0.6) is 0 Å². The van der Waals surface area contributed by atoms with Gasteiger partial charge in [-0.05, 0) is 6.42 Å². The lowest BCUT2D eigenvalue weighted by Crippen LogP contribution is -2.05. The average Bonchev–Trinajstić information content (AvgIpc) is 2.89. The SMILES string of the molecule is CCCc1nc(Cn2ccnc2CO)no1. The molecule has 0 atom stereocenters. The van der Waals surface area contributed by atoms with Gasteiger partial charge in [0.15, 0.2) is 5.82 Å². The van der Waals surface area contributed by atoms with Crippen molar-refractivity contribution in [3.8, 4) is 0 Å². The summed E-state index contributed by atoms with van der Waals surface area (Å²) >= 11 is 0. The maximum Gasteiger partial charge on any atom is 0.226 e. The van der Waals surface area contributed by atoms with E-state index < -0.39 is 0 Å². The van der Waals surface area contributed by atoms with E-state index in [1.165, 1.54) is 0 Å². The van der Waals surface area contributed by atoms with Crippen LogP contribution in [0.3, 0.4) is 0 Å². The maximum atomic E-state index is 9.03. The Bertz CT molecular complexity index is 449. The molecule has 0 saturated heterocycles. The molecule has 0 aliphatic rings. The minimum atomic E-state index is -0.0906. The highest BCUT2D eigenvalue weighted by Crippen LogP contribution is 2.04. The third kappa shape index (κ3) is 2.27. The third-order valence-corrected chi connectivity index (χ3v) is 2.23. The van der Waals surface area contributed by atoms with Gasteiger partial charge >= 0.3 is 0 Å². The van der Waals surface area contributed by atoms with Gasteiger partial charge in [0, 0.05) is 18.8 Å². The van der Waals surface area contributed by atoms with Crippen LogP contribution in [0, 0.1) is 0 Å². The van der Waals surface area contributed by atoms with Gasteiger partial charge < -0.3 is 14.2 Å². The van der Waals surface area contributed by atoms with Gasteiger partial charge in [-0.2, -0.15) is 4.98 Å². The first-order valence-electron chi connectivity index (χ1n) is 5.25. The van der Waals surface area contributed by atoms with Crippen LogP contribution in [-0.4, -0.2) is 24.8 Å². The Balaban J connectivity index is 2.08. The molecule has 86 valence electrons. The van der Waals surface area contributed by atoms with Crippen molar-refractivity contribution in [3.05, 3.63) is 29.9 Å². The number of hydrogen-bond donors (Lipinski definition) is 1. The van der Waals surface area contributed by atoms with Crippen molar-refractivity contribution in [1.29, 1.82) is 0 Å². The van der Waals surface area contributed by atoms with Crippen molar-refractivity contribution in [3.63, 3.8) is 0 Å². The quantitative estimate of drug-likeness (QED) is 0.808. The number of aliphatic hydroxyl groups excluding tert-OH is 1. The smallest absolute Gasteiger partial charge is 0.226 e. The first-order valence-corrected chi connectivity index (χ1v) is 5.25. The number of aliphatic hydroxyl groups is 1. The second-order valence-corrected chi connectivity index (χ2v) is 3.48. The van der Waals surface area contributed by atoms with E-state index in [1.807, 2.05) is 0 Å². The van der Waals surface area contributed by atoms with E-state index in [2.05, 4.69) is 22.0 Å². The van der Waals surface area contributed by atoms with E-state index in [9.17, 15) is 0 Å². The van der Waals surface area contributed by atoms with Crippen molar-refractivity contribution in [2.45, 2.75) is 32.9 Å². The van der Waals surface area contributed by atoms with Crippen LogP contribution < -0.4 is 0 Å². The molecule has 1 N–H and O–H groups in total. The topological polar surface area (TPSA) is 77.0 Å². The van der Waals surface area contributed by atoms with Gasteiger partial charge in [-0.25, -0.2) is 4.98 Å². The maximum absolute atomic E-state index is 9.03. The van der Waals surface area contributed by atoms with E-state index in [0.717, 1.165) is 12.8 Å². The Morgan fingerprint density at radius 2 is 2.38 bits per heavy atom. The van der Waals surface area contributed by atoms with Crippen LogP contribution in [-0.2, 0) is 19.6 Å². The minimum absolute atomic E-state index is 0.0906. The van der Waals surface area contributed by atoms with Crippen LogP contribution in [0.4, 0.5) is 0 Å². The summed E-state index contributed by atoms with van der Waals surface area (Å²) in [6, 6.07) is 0. The molecule has 6 nitrogen and oxygen atoms in total. The van der Waals surface area contributed by atoms with Crippen LogP contribution in [0.15, 0.2) is 16.9 Å². The van der Waals surface area contributed by atoms with E-state index in [1.54, 1.807) is 17.0 Å². The van der Waals surface area contributed by atoms with Gasteiger partial charge in [0.25, 0.3) is 0 Å². The zero-order valence-corrected chi connectivity index (χ0v) is 9.13. The number of imidazole rings is 1. The predicted octanol–water partition coefficient (Wildman–Crippen LogP) is 0.759. The fourth-order valence-electron chi connectivity index (χ4n) is 1.46. The molecular weight excluding hydrogens is 208 g/mol. The molecule has 2 aromatic heterocycles. The molecule has 0 amide bonds. The number of nitrogens with zero attached hydrogens (tertiary/aromatic N) is 4. The minimum Gasteiger partial charge on any atom is -0.388 e. The molecule has 0 fully saturated rings. The highest BCUT2D eigenvalue weighted by atomic mass is 16.5. The van der Waals surface area contributed by atoms with Crippen molar-refractivity contribution in [1.82, 2.24) is 19.7 Å². The van der Waals surface area contributed by atoms with Gasteiger partial charge in [-0.1, -0.05) is 12.1 Å². The molecule has 0 aromatic carbocycles. The summed E-state index contributed by atoms with van der Waals surface area (Å²) < 4.78 is 6.86. The number of aryl methyl sites for hydroxylation is 1. The summed E-state index contributed by atoms with van der Waals surface area (Å²) in [7, 11) is 0. The van der Waals surface area contributed by atoms with E-state index in [4.69, 9.17) is 9.63 Å². The number of aromatic nitrogens is 4. The monoisotopic (exact) mass is 222 g/mol. The van der Waals surface area contributed by atoms with Gasteiger partial charge in [-0.3, -0.25) is 0 Å². The second kappa shape index (κ2) is 4.89. The summed E-state index contributed by atoms with van der Waals surface area (Å²) in [4.78, 5) is 8.24. The van der Waals surface area contributed by atoms with E-state index >= 15 is 0 Å². The first kappa shape index (κ1) is 10.8. The van der Waals surface area contributed by atoms with Crippen LogP contribution in [0.2, 0.25) is 0 Å². The molecule has 0 aliphatic carbocycles. The molecule has 0 bridgehead atoms. The molecule has 2 heterocycles. The zero-order valence-electron chi connectivity index (χ0n) is 9.13. The Hall–Kier alpha value is -1.69. The molecule has 0 radical (unpaired) electrons. The Morgan fingerprint density at radius 3 is 3.12 bits per heavy atom. The summed E-state index contributed by atoms with van der Waals surface area (Å²) in [6.07, 6.45) is 5.19. The standard InChI is InChI=1S/C10H14N4O2/c1-2-3-10-12-8(13-16-10)6-14-5-4-11-9(14)7-15/h4-5,15H,2-3,6-7H2,1H3. The normalized spacial score (nSPS) is 10.9. The molecule has 2 aromatic rings. The van der Waals surface area contributed by atoms with Crippen molar-refractivity contribution < 1.29 is 9.63 Å². The van der Waals surface area contributed by atoms with Gasteiger partial charge in [0.05, 0.1) is 6.54 Å². The van der Waals surface area contributed by atoms with Crippen LogP contribution in [0.25, 0.3) is 0 Å². The Kier molecular flexibility index (Phi) is 3.31. The van der Waals surface area contributed by atoms with Crippen LogP contribution >= 0.6 is 0 Å². The molecule has 6 heteroatoms. The Morgan fingerprint density at radius 1 is 1.50 bits per heavy atom. The molecule has 0 spiro atoms. The zero-order chi connectivity index (χ0) is 11.4. The van der Waals surface area contributed by atoms with Crippen molar-refractivity contribution in [2.75, 3.05) is 0 Å². The average molecular weight is 222 g/mol. The molecule has 0 saturated carbocycles. The van der Waals surface area contributed by atoms with Gasteiger partial charge in [0.2, 0.25) is 5.89 Å². The summed E-state index contributed by atoms with van der Waals surface area (Å²) in [5.74, 6) is 1.86. The lowest BCUT2D eigenvalue weighted by atomic mass is 10.3. The van der Waals surface area contributed by atoms with E-state index in [-0.39, 0.29) is 6.61 Å². The molecule has 2 rings (SSSR count).